The number of rotatable bonds is 3. The Hall–Kier alpha value is -1.31. The molecule has 0 aromatic carbocycles. The fourth-order valence-electron chi connectivity index (χ4n) is 2.17. The minimum absolute atomic E-state index is 0.0268. The standard InChI is InChI=1S/C12H17ClN4O2S/c1-8(11(14)15-19)16-3-5-17(6-4-16)12(18)10-9(13)2-7-20-10/h2,7-8,19H,3-6H2,1H3,(H2,14,15). The molecule has 3 N–H and O–H groups in total. The Labute approximate surface area is 126 Å². The second-order valence-corrected chi connectivity index (χ2v) is 5.95. The van der Waals surface area contributed by atoms with Crippen LogP contribution in [0.4, 0.5) is 0 Å². The summed E-state index contributed by atoms with van der Waals surface area (Å²) in [5, 5.41) is 14.0. The van der Waals surface area contributed by atoms with E-state index in [0.717, 1.165) is 0 Å². The summed E-state index contributed by atoms with van der Waals surface area (Å²) < 4.78 is 0. The molecule has 1 amide bonds. The van der Waals surface area contributed by atoms with Crippen molar-refractivity contribution in [1.29, 1.82) is 0 Å². The van der Waals surface area contributed by atoms with Crippen molar-refractivity contribution in [3.05, 3.63) is 21.3 Å². The molecule has 1 unspecified atom stereocenters. The van der Waals surface area contributed by atoms with E-state index in [2.05, 4.69) is 10.1 Å². The maximum Gasteiger partial charge on any atom is 0.265 e. The molecule has 8 heteroatoms. The summed E-state index contributed by atoms with van der Waals surface area (Å²) in [5.41, 5.74) is 5.60. The van der Waals surface area contributed by atoms with Gasteiger partial charge in [-0.05, 0) is 18.4 Å². The van der Waals surface area contributed by atoms with Gasteiger partial charge in [0.15, 0.2) is 5.84 Å². The molecular weight excluding hydrogens is 300 g/mol. The van der Waals surface area contributed by atoms with Gasteiger partial charge >= 0.3 is 0 Å². The van der Waals surface area contributed by atoms with E-state index in [1.165, 1.54) is 11.3 Å². The van der Waals surface area contributed by atoms with Crippen LogP contribution in [-0.2, 0) is 0 Å². The highest BCUT2D eigenvalue weighted by Gasteiger charge is 2.27. The Morgan fingerprint density at radius 3 is 2.65 bits per heavy atom. The molecule has 20 heavy (non-hydrogen) atoms. The molecule has 0 saturated carbocycles. The molecule has 1 aromatic rings. The van der Waals surface area contributed by atoms with Crippen LogP contribution in [0.2, 0.25) is 5.02 Å². The highest BCUT2D eigenvalue weighted by Crippen LogP contribution is 2.24. The molecule has 110 valence electrons. The van der Waals surface area contributed by atoms with E-state index < -0.39 is 0 Å². The zero-order chi connectivity index (χ0) is 14.7. The SMILES string of the molecule is CC(/C(N)=N/O)N1CCN(C(=O)c2sccc2Cl)CC1. The van der Waals surface area contributed by atoms with E-state index >= 15 is 0 Å². The zero-order valence-corrected chi connectivity index (χ0v) is 12.7. The third kappa shape index (κ3) is 3.05. The van der Waals surface area contributed by atoms with Gasteiger partial charge in [0.2, 0.25) is 0 Å². The lowest BCUT2D eigenvalue weighted by Crippen LogP contribution is -2.54. The molecule has 2 rings (SSSR count). The molecule has 1 aliphatic heterocycles. The minimum atomic E-state index is -0.137. The van der Waals surface area contributed by atoms with Crippen LogP contribution in [0, 0.1) is 0 Å². The summed E-state index contributed by atoms with van der Waals surface area (Å²) in [5.74, 6) is 0.159. The number of thiophene rings is 1. The molecule has 6 nitrogen and oxygen atoms in total. The van der Waals surface area contributed by atoms with Crippen LogP contribution in [0.15, 0.2) is 16.6 Å². The largest absolute Gasteiger partial charge is 0.409 e. The minimum Gasteiger partial charge on any atom is -0.409 e. The number of amidine groups is 1. The first-order chi connectivity index (χ1) is 9.54. The summed E-state index contributed by atoms with van der Waals surface area (Å²) in [4.78, 5) is 16.7. The third-order valence-corrected chi connectivity index (χ3v) is 4.83. The number of nitrogens with two attached hydrogens (primary N) is 1. The zero-order valence-electron chi connectivity index (χ0n) is 11.1. The fourth-order valence-corrected chi connectivity index (χ4v) is 3.28. The molecule has 1 saturated heterocycles. The van der Waals surface area contributed by atoms with Crippen LogP contribution in [0.5, 0.6) is 0 Å². The summed E-state index contributed by atoms with van der Waals surface area (Å²) in [7, 11) is 0. The first-order valence-electron chi connectivity index (χ1n) is 6.28. The Balaban J connectivity index is 1.95. The molecule has 0 spiro atoms. The van der Waals surface area contributed by atoms with Crippen LogP contribution < -0.4 is 5.73 Å². The van der Waals surface area contributed by atoms with Gasteiger partial charge < -0.3 is 15.8 Å². The molecule has 2 heterocycles. The lowest BCUT2D eigenvalue weighted by atomic mass is 10.2. The predicted octanol–water partition coefficient (Wildman–Crippen LogP) is 1.29. The highest BCUT2D eigenvalue weighted by atomic mass is 35.5. The van der Waals surface area contributed by atoms with Gasteiger partial charge in [0, 0.05) is 26.2 Å². The van der Waals surface area contributed by atoms with Crippen LogP contribution in [0.1, 0.15) is 16.6 Å². The normalized spacial score (nSPS) is 19.1. The van der Waals surface area contributed by atoms with Gasteiger partial charge in [0.25, 0.3) is 5.91 Å². The Bertz CT molecular complexity index is 511. The van der Waals surface area contributed by atoms with Crippen LogP contribution in [0.25, 0.3) is 0 Å². The van der Waals surface area contributed by atoms with Gasteiger partial charge in [-0.25, -0.2) is 0 Å². The number of nitrogens with zero attached hydrogens (tertiary/aromatic N) is 3. The fraction of sp³-hybridized carbons (Fsp3) is 0.500. The van der Waals surface area contributed by atoms with Crippen LogP contribution in [0.3, 0.4) is 0 Å². The van der Waals surface area contributed by atoms with Crippen molar-refractivity contribution in [2.45, 2.75) is 13.0 Å². The number of amides is 1. The van der Waals surface area contributed by atoms with Crippen molar-refractivity contribution in [3.8, 4) is 0 Å². The average Bonchev–Trinajstić information content (AvgIpc) is 2.91. The predicted molar refractivity (Wildman–Crippen MR) is 79.7 cm³/mol. The van der Waals surface area contributed by atoms with E-state index in [1.54, 1.807) is 11.0 Å². The summed E-state index contributed by atoms with van der Waals surface area (Å²) in [6.07, 6.45) is 0. The molecule has 1 atom stereocenters. The lowest BCUT2D eigenvalue weighted by molar-refractivity contribution is 0.0624. The van der Waals surface area contributed by atoms with Gasteiger partial charge in [-0.2, -0.15) is 0 Å². The molecule has 0 bridgehead atoms. The smallest absolute Gasteiger partial charge is 0.265 e. The summed E-state index contributed by atoms with van der Waals surface area (Å²) in [6, 6.07) is 1.60. The van der Waals surface area contributed by atoms with Crippen molar-refractivity contribution < 1.29 is 10.0 Å². The van der Waals surface area contributed by atoms with Gasteiger partial charge in [0.05, 0.1) is 11.1 Å². The van der Waals surface area contributed by atoms with Gasteiger partial charge in [-0.15, -0.1) is 11.3 Å². The lowest BCUT2D eigenvalue weighted by Gasteiger charge is -2.37. The molecule has 0 aliphatic carbocycles. The van der Waals surface area contributed by atoms with Crippen molar-refractivity contribution in [1.82, 2.24) is 9.80 Å². The van der Waals surface area contributed by atoms with Gasteiger partial charge in [-0.3, -0.25) is 9.69 Å². The number of piperazine rings is 1. The molecule has 1 aliphatic rings. The molecular formula is C12H17ClN4O2S. The Morgan fingerprint density at radius 2 is 2.15 bits per heavy atom. The van der Waals surface area contributed by atoms with E-state index in [9.17, 15) is 4.79 Å². The molecule has 1 aromatic heterocycles. The maximum atomic E-state index is 12.3. The highest BCUT2D eigenvalue weighted by molar-refractivity contribution is 7.12. The van der Waals surface area contributed by atoms with Crippen molar-refractivity contribution >= 4 is 34.7 Å². The van der Waals surface area contributed by atoms with Gasteiger partial charge in [0.1, 0.15) is 4.88 Å². The van der Waals surface area contributed by atoms with E-state index in [0.29, 0.717) is 36.1 Å². The quantitative estimate of drug-likeness (QED) is 0.381. The number of carbonyl (C=O) groups excluding carboxylic acids is 1. The monoisotopic (exact) mass is 316 g/mol. The Morgan fingerprint density at radius 1 is 1.50 bits per heavy atom. The van der Waals surface area contributed by atoms with E-state index in [-0.39, 0.29) is 17.8 Å². The number of hydrogen-bond acceptors (Lipinski definition) is 5. The second kappa shape index (κ2) is 6.43. The van der Waals surface area contributed by atoms with Gasteiger partial charge in [-0.1, -0.05) is 16.8 Å². The number of halogens is 1. The van der Waals surface area contributed by atoms with Crippen LogP contribution >= 0.6 is 22.9 Å². The van der Waals surface area contributed by atoms with Crippen molar-refractivity contribution in [2.24, 2.45) is 10.9 Å². The number of oxime groups is 1. The third-order valence-electron chi connectivity index (χ3n) is 3.50. The summed E-state index contributed by atoms with van der Waals surface area (Å²) >= 11 is 7.34. The van der Waals surface area contributed by atoms with E-state index in [4.69, 9.17) is 22.5 Å². The first-order valence-corrected chi connectivity index (χ1v) is 7.54. The second-order valence-electron chi connectivity index (χ2n) is 4.63. The summed E-state index contributed by atoms with van der Waals surface area (Å²) in [6.45, 7) is 4.47. The Kier molecular flexibility index (Phi) is 4.85. The maximum absolute atomic E-state index is 12.3. The number of carbonyl (C=O) groups is 1. The topological polar surface area (TPSA) is 82.2 Å². The molecule has 0 radical (unpaired) electrons. The number of hydrogen-bond donors (Lipinski definition) is 2. The van der Waals surface area contributed by atoms with E-state index in [1.807, 2.05) is 12.3 Å². The average molecular weight is 317 g/mol. The first kappa shape index (κ1) is 15.1. The molecule has 1 fully saturated rings. The van der Waals surface area contributed by atoms with Crippen LogP contribution in [-0.4, -0.2) is 59.0 Å². The van der Waals surface area contributed by atoms with Crippen molar-refractivity contribution in [2.75, 3.05) is 26.2 Å². The van der Waals surface area contributed by atoms with Crippen molar-refractivity contribution in [3.63, 3.8) is 0 Å².